The van der Waals surface area contributed by atoms with Crippen molar-refractivity contribution in [3.63, 3.8) is 0 Å². The summed E-state index contributed by atoms with van der Waals surface area (Å²) in [5.41, 5.74) is -1.82. The van der Waals surface area contributed by atoms with Gasteiger partial charge >= 0.3 is 0 Å². The van der Waals surface area contributed by atoms with E-state index in [2.05, 4.69) is 15.6 Å². The number of thiazole rings is 1. The third-order valence-corrected chi connectivity index (χ3v) is 6.64. The van der Waals surface area contributed by atoms with Crippen LogP contribution in [0.15, 0.2) is 34.7 Å². The van der Waals surface area contributed by atoms with E-state index in [9.17, 15) is 29.4 Å². The molecule has 2 heterocycles. The lowest BCUT2D eigenvalue weighted by atomic mass is 9.70. The molecule has 1 aromatic heterocycles. The fraction of sp³-hybridized carbons (Fsp3) is 0.261. The number of carbonyl (C=O) groups excluding carboxylic acids is 4. The van der Waals surface area contributed by atoms with Crippen LogP contribution in [0.3, 0.4) is 0 Å². The zero-order valence-corrected chi connectivity index (χ0v) is 19.5. The van der Waals surface area contributed by atoms with E-state index in [1.165, 1.54) is 39.0 Å². The maximum Gasteiger partial charge on any atom is 0.245 e. The Hall–Kier alpha value is -3.99. The number of aromatic nitrogens is 1. The van der Waals surface area contributed by atoms with Crippen molar-refractivity contribution in [3.05, 3.63) is 51.4 Å². The Balaban J connectivity index is 1.74. The number of ether oxygens (including phenoxy) is 1. The fourth-order valence-corrected chi connectivity index (χ4v) is 4.66. The summed E-state index contributed by atoms with van der Waals surface area (Å²) in [6.45, 7) is 5.37. The Morgan fingerprint density at radius 2 is 1.91 bits per heavy atom. The Morgan fingerprint density at radius 3 is 2.53 bits per heavy atom. The van der Waals surface area contributed by atoms with E-state index in [-0.39, 0.29) is 46.0 Å². The third kappa shape index (κ3) is 3.36. The van der Waals surface area contributed by atoms with Crippen LogP contribution in [0.25, 0.3) is 0 Å². The lowest BCUT2D eigenvalue weighted by Gasteiger charge is -2.29. The standard InChI is InChI=1S/C23H21N3O7S/c1-9-18(30)16(11(3)27)20-17(19(9)31)23(4)13(33-20)7-12(28)15(21(23)32)10(2)25-8-14(29)26-22-24-5-6-34-22/h5-7,25,30-31H,8H2,1-4H3,(H,24,26,29)/t23-/m0/s1. The van der Waals surface area contributed by atoms with Crippen molar-refractivity contribution in [2.75, 3.05) is 11.9 Å². The molecule has 176 valence electrons. The SMILES string of the molecule is CC(=O)c1c(O)c(C)c(O)c2c1OC1=CC(=O)C(=C(C)NCC(=O)Nc3nccs3)C(=O)[C@@]12C. The predicted octanol–water partition coefficient (Wildman–Crippen LogP) is 2.25. The topological polar surface area (TPSA) is 155 Å². The first-order chi connectivity index (χ1) is 16.0. The van der Waals surface area contributed by atoms with Gasteiger partial charge in [0, 0.05) is 28.9 Å². The molecule has 34 heavy (non-hydrogen) atoms. The van der Waals surface area contributed by atoms with E-state index in [1.807, 2.05) is 0 Å². The van der Waals surface area contributed by atoms with Gasteiger partial charge in [-0.3, -0.25) is 19.2 Å². The van der Waals surface area contributed by atoms with Crippen molar-refractivity contribution >= 4 is 39.7 Å². The number of nitrogens with one attached hydrogen (secondary N) is 2. The molecule has 11 heteroatoms. The number of phenolic OH excluding ortho intramolecular Hbond substituents is 2. The van der Waals surface area contributed by atoms with Crippen LogP contribution in [0.2, 0.25) is 0 Å². The van der Waals surface area contributed by atoms with E-state index in [0.717, 1.165) is 6.08 Å². The number of ketones is 3. The number of rotatable bonds is 5. The van der Waals surface area contributed by atoms with Crippen molar-refractivity contribution in [3.8, 4) is 17.2 Å². The molecule has 2 aromatic rings. The van der Waals surface area contributed by atoms with Gasteiger partial charge in [0.2, 0.25) is 5.91 Å². The molecule has 0 saturated carbocycles. The first-order valence-corrected chi connectivity index (χ1v) is 11.1. The van der Waals surface area contributed by atoms with E-state index >= 15 is 0 Å². The molecule has 1 aliphatic carbocycles. The summed E-state index contributed by atoms with van der Waals surface area (Å²) in [6, 6.07) is 0. The smallest absolute Gasteiger partial charge is 0.245 e. The molecular weight excluding hydrogens is 462 g/mol. The van der Waals surface area contributed by atoms with Gasteiger partial charge in [0.05, 0.1) is 17.7 Å². The zero-order valence-electron chi connectivity index (χ0n) is 18.7. The highest BCUT2D eigenvalue weighted by Gasteiger charge is 2.56. The molecule has 0 radical (unpaired) electrons. The number of carbonyl (C=O) groups is 4. The molecular formula is C23H21N3O7S. The van der Waals surface area contributed by atoms with Gasteiger partial charge in [-0.05, 0) is 27.7 Å². The second-order valence-corrected chi connectivity index (χ2v) is 9.02. The summed E-state index contributed by atoms with van der Waals surface area (Å²) >= 11 is 1.25. The number of hydrogen-bond acceptors (Lipinski definition) is 10. The number of hydrogen-bond donors (Lipinski definition) is 4. The summed E-state index contributed by atoms with van der Waals surface area (Å²) in [7, 11) is 0. The average Bonchev–Trinajstić information content (AvgIpc) is 3.37. The van der Waals surface area contributed by atoms with Crippen LogP contribution in [0.1, 0.15) is 42.3 Å². The molecule has 0 unspecified atom stereocenters. The van der Waals surface area contributed by atoms with Crippen molar-refractivity contribution in [1.29, 1.82) is 0 Å². The number of Topliss-reactive ketones (excluding diaryl/α,β-unsaturated/α-hetero) is 2. The maximum absolute atomic E-state index is 13.7. The van der Waals surface area contributed by atoms with Crippen molar-refractivity contribution < 1.29 is 34.1 Å². The molecule has 4 rings (SSSR count). The Labute approximate surface area is 198 Å². The lowest BCUT2D eigenvalue weighted by Crippen LogP contribution is -2.41. The molecule has 0 fully saturated rings. The number of benzene rings is 1. The second-order valence-electron chi connectivity index (χ2n) is 8.13. The molecule has 0 spiro atoms. The van der Waals surface area contributed by atoms with Crippen molar-refractivity contribution in [2.24, 2.45) is 0 Å². The molecule has 4 N–H and O–H groups in total. The van der Waals surface area contributed by atoms with E-state index in [1.54, 1.807) is 11.6 Å². The van der Waals surface area contributed by atoms with Gasteiger partial charge in [-0.15, -0.1) is 11.3 Å². The van der Waals surface area contributed by atoms with Crippen molar-refractivity contribution in [1.82, 2.24) is 10.3 Å². The maximum atomic E-state index is 13.7. The van der Waals surface area contributed by atoms with E-state index in [0.29, 0.717) is 5.13 Å². The molecule has 10 nitrogen and oxygen atoms in total. The number of allylic oxidation sites excluding steroid dienone is 4. The molecule has 1 amide bonds. The highest BCUT2D eigenvalue weighted by Crippen LogP contribution is 2.57. The molecule has 0 saturated heterocycles. The van der Waals surface area contributed by atoms with E-state index < -0.39 is 40.2 Å². The summed E-state index contributed by atoms with van der Waals surface area (Å²) in [6.07, 6.45) is 2.66. The van der Waals surface area contributed by atoms with Crippen LogP contribution in [0.5, 0.6) is 17.2 Å². The third-order valence-electron chi connectivity index (χ3n) is 5.95. The molecule has 0 bridgehead atoms. The summed E-state index contributed by atoms with van der Waals surface area (Å²) < 4.78 is 5.71. The number of anilines is 1. The highest BCUT2D eigenvalue weighted by atomic mass is 32.1. The minimum Gasteiger partial charge on any atom is -0.507 e. The molecule has 2 aliphatic rings. The minimum atomic E-state index is -1.61. The van der Waals surface area contributed by atoms with Gasteiger partial charge in [-0.1, -0.05) is 0 Å². The fourth-order valence-electron chi connectivity index (χ4n) is 4.11. The van der Waals surface area contributed by atoms with Gasteiger partial charge < -0.3 is 25.6 Å². The van der Waals surface area contributed by atoms with Crippen LogP contribution in [-0.4, -0.2) is 45.0 Å². The quantitative estimate of drug-likeness (QED) is 0.285. The van der Waals surface area contributed by atoms with Crippen LogP contribution in [0.4, 0.5) is 5.13 Å². The zero-order chi connectivity index (χ0) is 24.9. The highest BCUT2D eigenvalue weighted by molar-refractivity contribution is 7.13. The monoisotopic (exact) mass is 483 g/mol. The van der Waals surface area contributed by atoms with Gasteiger partial charge in [-0.2, -0.15) is 0 Å². The normalized spacial score (nSPS) is 20.2. The number of phenols is 2. The predicted molar refractivity (Wildman–Crippen MR) is 122 cm³/mol. The number of nitrogens with zero attached hydrogens (tertiary/aromatic N) is 1. The molecule has 1 atom stereocenters. The Morgan fingerprint density at radius 1 is 1.21 bits per heavy atom. The van der Waals surface area contributed by atoms with Gasteiger partial charge in [0.15, 0.2) is 22.5 Å². The minimum absolute atomic E-state index is 0.00330. The first kappa shape index (κ1) is 23.2. The molecule has 1 aliphatic heterocycles. The second kappa shape index (κ2) is 8.10. The van der Waals surface area contributed by atoms with Crippen LogP contribution in [-0.2, 0) is 19.8 Å². The van der Waals surface area contributed by atoms with Gasteiger partial charge in [0.25, 0.3) is 0 Å². The number of amides is 1. The van der Waals surface area contributed by atoms with Crippen LogP contribution < -0.4 is 15.4 Å². The van der Waals surface area contributed by atoms with Crippen molar-refractivity contribution in [2.45, 2.75) is 33.1 Å². The van der Waals surface area contributed by atoms with Crippen LogP contribution >= 0.6 is 11.3 Å². The summed E-state index contributed by atoms with van der Waals surface area (Å²) in [4.78, 5) is 54.9. The first-order valence-electron chi connectivity index (χ1n) is 10.2. The van der Waals surface area contributed by atoms with Gasteiger partial charge in [-0.25, -0.2) is 4.98 Å². The number of fused-ring (bicyclic) bond motifs is 3. The van der Waals surface area contributed by atoms with Crippen LogP contribution in [0, 0.1) is 6.92 Å². The summed E-state index contributed by atoms with van der Waals surface area (Å²) in [5.74, 6) is -3.34. The average molecular weight is 484 g/mol. The Bertz CT molecular complexity index is 1340. The lowest BCUT2D eigenvalue weighted by molar-refractivity contribution is -0.124. The largest absolute Gasteiger partial charge is 0.507 e. The molecule has 1 aromatic carbocycles. The van der Waals surface area contributed by atoms with Gasteiger partial charge in [0.1, 0.15) is 34.0 Å². The van der Waals surface area contributed by atoms with E-state index in [4.69, 9.17) is 4.74 Å². The summed E-state index contributed by atoms with van der Waals surface area (Å²) in [5, 5.41) is 28.7. The Kier molecular flexibility index (Phi) is 5.52. The number of aromatic hydroxyl groups is 2.